The topological polar surface area (TPSA) is 51.7 Å². The van der Waals surface area contributed by atoms with Crippen LogP contribution in [0.2, 0.25) is 0 Å². The van der Waals surface area contributed by atoms with Crippen LogP contribution in [-0.2, 0) is 14.3 Å². The Morgan fingerprint density at radius 2 is 1.73 bits per heavy atom. The average molecular weight is 513 g/mol. The van der Waals surface area contributed by atoms with Gasteiger partial charge in [0.2, 0.25) is 0 Å². The highest BCUT2D eigenvalue weighted by atomic mass is 16.6. The van der Waals surface area contributed by atoms with E-state index < -0.39 is 11.7 Å². The SMILES string of the molecule is CCOC(=O)[C@@H](OC(C)(C)C)c1c(C)nc(C)c(C2=CCC(C(C)(C)C)CC2)c1N1CCC(C)(C)CC1. The lowest BCUT2D eigenvalue weighted by molar-refractivity contribution is -0.166. The number of aromatic nitrogens is 1. The molecule has 0 amide bonds. The number of allylic oxidation sites excluding steroid dienone is 2. The number of carbonyl (C=O) groups excluding carboxylic acids is 1. The molecule has 1 aliphatic heterocycles. The summed E-state index contributed by atoms with van der Waals surface area (Å²) in [4.78, 5) is 21.0. The summed E-state index contributed by atoms with van der Waals surface area (Å²) in [5.41, 5.74) is 6.60. The fraction of sp³-hybridized carbons (Fsp3) is 0.750. The van der Waals surface area contributed by atoms with Crippen LogP contribution >= 0.6 is 0 Å². The number of rotatable bonds is 6. The third-order valence-corrected chi connectivity index (χ3v) is 8.20. The van der Waals surface area contributed by atoms with Crippen LogP contribution in [0.15, 0.2) is 6.08 Å². The Balaban J connectivity index is 2.23. The van der Waals surface area contributed by atoms with Crippen molar-refractivity contribution in [1.82, 2.24) is 4.98 Å². The quantitative estimate of drug-likeness (QED) is 0.362. The number of piperidine rings is 1. The maximum Gasteiger partial charge on any atom is 0.340 e. The van der Waals surface area contributed by atoms with E-state index in [4.69, 9.17) is 14.5 Å². The number of esters is 1. The standard InChI is InChI=1S/C32H52N2O3/c1-12-36-29(35)28(37-31(7,8)9)26-22(3)33-21(2)25(23-13-15-24(16-14-23)30(4,5)6)27(26)34-19-17-32(10,11)18-20-34/h13,24,28H,12,14-20H2,1-11H3/t24?,28-/m0/s1. The number of nitrogens with zero attached hydrogens (tertiary/aromatic N) is 2. The van der Waals surface area contributed by atoms with Gasteiger partial charge in [-0.3, -0.25) is 4.98 Å². The van der Waals surface area contributed by atoms with Crippen molar-refractivity contribution < 1.29 is 14.3 Å². The molecule has 1 fully saturated rings. The first-order chi connectivity index (χ1) is 17.0. The van der Waals surface area contributed by atoms with Gasteiger partial charge in [0.25, 0.3) is 0 Å². The van der Waals surface area contributed by atoms with Crippen molar-refractivity contribution in [2.24, 2.45) is 16.7 Å². The van der Waals surface area contributed by atoms with Crippen molar-refractivity contribution in [3.63, 3.8) is 0 Å². The summed E-state index contributed by atoms with van der Waals surface area (Å²) in [6.07, 6.45) is 7.14. The predicted octanol–water partition coefficient (Wildman–Crippen LogP) is 7.97. The van der Waals surface area contributed by atoms with Crippen molar-refractivity contribution in [3.05, 3.63) is 28.6 Å². The zero-order chi connectivity index (χ0) is 27.8. The molecule has 37 heavy (non-hydrogen) atoms. The number of aryl methyl sites for hydroxylation is 2. The normalized spacial score (nSPS) is 21.4. The number of hydrogen-bond donors (Lipinski definition) is 0. The molecule has 1 aromatic rings. The van der Waals surface area contributed by atoms with Gasteiger partial charge in [0.1, 0.15) is 0 Å². The Morgan fingerprint density at radius 1 is 1.11 bits per heavy atom. The first-order valence-corrected chi connectivity index (χ1v) is 14.3. The molecular formula is C32H52N2O3. The van der Waals surface area contributed by atoms with Crippen molar-refractivity contribution in [2.45, 2.75) is 120 Å². The van der Waals surface area contributed by atoms with Gasteiger partial charge < -0.3 is 14.4 Å². The molecule has 0 saturated carbocycles. The van der Waals surface area contributed by atoms with E-state index in [9.17, 15) is 4.79 Å². The molecule has 5 nitrogen and oxygen atoms in total. The molecular weight excluding hydrogens is 460 g/mol. The highest BCUT2D eigenvalue weighted by Crippen LogP contribution is 2.47. The molecule has 1 aliphatic carbocycles. The van der Waals surface area contributed by atoms with Crippen molar-refractivity contribution in [2.75, 3.05) is 24.6 Å². The van der Waals surface area contributed by atoms with Gasteiger partial charge in [-0.1, -0.05) is 40.7 Å². The van der Waals surface area contributed by atoms with Crippen LogP contribution in [-0.4, -0.2) is 36.3 Å². The van der Waals surface area contributed by atoms with Gasteiger partial charge in [0, 0.05) is 35.6 Å². The maximum atomic E-state index is 13.4. The van der Waals surface area contributed by atoms with Crippen LogP contribution in [0, 0.1) is 30.6 Å². The third kappa shape index (κ3) is 7.16. The number of carbonyl (C=O) groups is 1. The lowest BCUT2D eigenvalue weighted by atomic mass is 9.72. The Bertz CT molecular complexity index is 1000. The van der Waals surface area contributed by atoms with Crippen molar-refractivity contribution >= 4 is 17.2 Å². The second kappa shape index (κ2) is 11.1. The Labute approximate surface area is 226 Å². The van der Waals surface area contributed by atoms with Gasteiger partial charge in [-0.25, -0.2) is 4.79 Å². The van der Waals surface area contributed by atoms with Crippen LogP contribution in [0.4, 0.5) is 5.69 Å². The van der Waals surface area contributed by atoms with Crippen LogP contribution < -0.4 is 4.90 Å². The van der Waals surface area contributed by atoms with E-state index in [0.29, 0.717) is 23.4 Å². The summed E-state index contributed by atoms with van der Waals surface area (Å²) >= 11 is 0. The van der Waals surface area contributed by atoms with E-state index in [0.717, 1.165) is 61.4 Å². The molecule has 0 bridgehead atoms. The summed E-state index contributed by atoms with van der Waals surface area (Å²) in [7, 11) is 0. The largest absolute Gasteiger partial charge is 0.464 e. The Hall–Kier alpha value is -1.88. The van der Waals surface area contributed by atoms with Gasteiger partial charge in [-0.15, -0.1) is 0 Å². The monoisotopic (exact) mass is 512 g/mol. The molecule has 1 unspecified atom stereocenters. The second-order valence-electron chi connectivity index (χ2n) is 14.0. The van der Waals surface area contributed by atoms with Crippen LogP contribution in [0.1, 0.15) is 123 Å². The summed E-state index contributed by atoms with van der Waals surface area (Å²) in [5.74, 6) is 0.339. The van der Waals surface area contributed by atoms with E-state index in [1.54, 1.807) is 0 Å². The molecule has 0 spiro atoms. The predicted molar refractivity (Wildman–Crippen MR) is 154 cm³/mol. The molecule has 3 rings (SSSR count). The molecule has 0 aromatic carbocycles. The van der Waals surface area contributed by atoms with Crippen molar-refractivity contribution in [3.8, 4) is 0 Å². The fourth-order valence-electron chi connectivity index (χ4n) is 5.85. The van der Waals surface area contributed by atoms with Gasteiger partial charge in [-0.05, 0) is 96.0 Å². The van der Waals surface area contributed by atoms with Crippen LogP contribution in [0.5, 0.6) is 0 Å². The fourth-order valence-corrected chi connectivity index (χ4v) is 5.85. The summed E-state index contributed by atoms with van der Waals surface area (Å²) in [6.45, 7) is 26.0. The molecule has 2 heterocycles. The first kappa shape index (κ1) is 29.7. The maximum absolute atomic E-state index is 13.4. The molecule has 1 saturated heterocycles. The zero-order valence-electron chi connectivity index (χ0n) is 25.5. The lowest BCUT2D eigenvalue weighted by Gasteiger charge is -2.42. The summed E-state index contributed by atoms with van der Waals surface area (Å²) < 4.78 is 12.1. The lowest BCUT2D eigenvalue weighted by Crippen LogP contribution is -2.40. The average Bonchev–Trinajstić information content (AvgIpc) is 2.76. The Morgan fingerprint density at radius 3 is 2.22 bits per heavy atom. The van der Waals surface area contributed by atoms with Crippen LogP contribution in [0.3, 0.4) is 0 Å². The number of hydrogen-bond acceptors (Lipinski definition) is 5. The molecule has 0 N–H and O–H groups in total. The zero-order valence-corrected chi connectivity index (χ0v) is 25.5. The molecule has 0 radical (unpaired) electrons. The molecule has 1 aromatic heterocycles. The highest BCUT2D eigenvalue weighted by Gasteiger charge is 2.38. The molecule has 2 atom stereocenters. The van der Waals surface area contributed by atoms with E-state index in [2.05, 4.69) is 52.5 Å². The number of pyridine rings is 1. The number of ether oxygens (including phenoxy) is 2. The summed E-state index contributed by atoms with van der Waals surface area (Å²) in [5, 5.41) is 0. The van der Waals surface area contributed by atoms with Crippen LogP contribution in [0.25, 0.3) is 5.57 Å². The van der Waals surface area contributed by atoms with Gasteiger partial charge in [0.15, 0.2) is 6.10 Å². The first-order valence-electron chi connectivity index (χ1n) is 14.3. The third-order valence-electron chi connectivity index (χ3n) is 8.20. The minimum atomic E-state index is -0.816. The summed E-state index contributed by atoms with van der Waals surface area (Å²) in [6, 6.07) is 0. The second-order valence-corrected chi connectivity index (χ2v) is 14.0. The van der Waals surface area contributed by atoms with E-state index in [1.165, 1.54) is 17.6 Å². The van der Waals surface area contributed by atoms with Crippen molar-refractivity contribution in [1.29, 1.82) is 0 Å². The Kier molecular flexibility index (Phi) is 8.89. The minimum Gasteiger partial charge on any atom is -0.464 e. The molecule has 5 heteroatoms. The van der Waals surface area contributed by atoms with Gasteiger partial charge in [-0.2, -0.15) is 0 Å². The number of anilines is 1. The molecule has 2 aliphatic rings. The highest BCUT2D eigenvalue weighted by molar-refractivity contribution is 5.86. The van der Waals surface area contributed by atoms with E-state index in [1.807, 2.05) is 34.6 Å². The van der Waals surface area contributed by atoms with E-state index >= 15 is 0 Å². The van der Waals surface area contributed by atoms with Gasteiger partial charge >= 0.3 is 5.97 Å². The minimum absolute atomic E-state index is 0.296. The smallest absolute Gasteiger partial charge is 0.340 e. The van der Waals surface area contributed by atoms with Gasteiger partial charge in [0.05, 0.1) is 17.9 Å². The van der Waals surface area contributed by atoms with E-state index in [-0.39, 0.29) is 5.97 Å². The molecule has 208 valence electrons.